The summed E-state index contributed by atoms with van der Waals surface area (Å²) in [7, 11) is 0. The predicted molar refractivity (Wildman–Crippen MR) is 65.4 cm³/mol. The normalized spacial score (nSPS) is 20.1. The lowest BCUT2D eigenvalue weighted by molar-refractivity contribution is 0.182. The fourth-order valence-electron chi connectivity index (χ4n) is 2.13. The lowest BCUT2D eigenvalue weighted by Gasteiger charge is -2.30. The van der Waals surface area contributed by atoms with Gasteiger partial charge in [0.15, 0.2) is 0 Å². The number of para-hydroxylation sites is 1. The average Bonchev–Trinajstić information content (AvgIpc) is 2.32. The quantitative estimate of drug-likeness (QED) is 0.798. The van der Waals surface area contributed by atoms with Crippen molar-refractivity contribution in [2.24, 2.45) is 5.92 Å². The second kappa shape index (κ2) is 5.17. The summed E-state index contributed by atoms with van der Waals surface area (Å²) >= 11 is 0. The van der Waals surface area contributed by atoms with E-state index in [4.69, 9.17) is 0 Å². The lowest BCUT2D eigenvalue weighted by atomic mass is 10.0. The van der Waals surface area contributed by atoms with Gasteiger partial charge in [0.1, 0.15) is 5.82 Å². The van der Waals surface area contributed by atoms with E-state index in [-0.39, 0.29) is 11.7 Å². The first-order chi connectivity index (χ1) is 8.16. The zero-order valence-electron chi connectivity index (χ0n) is 9.95. The summed E-state index contributed by atoms with van der Waals surface area (Å²) in [4.78, 5) is 13.7. The molecule has 1 fully saturated rings. The Kier molecular flexibility index (Phi) is 3.61. The number of nitrogens with zero attached hydrogens (tertiary/aromatic N) is 1. The van der Waals surface area contributed by atoms with Crippen LogP contribution in [0.3, 0.4) is 0 Å². The molecule has 0 aliphatic carbocycles. The molecule has 1 atom stereocenters. The number of halogens is 1. The van der Waals surface area contributed by atoms with Crippen molar-refractivity contribution >= 4 is 11.7 Å². The fraction of sp³-hybridized carbons (Fsp3) is 0.462. The first-order valence-electron chi connectivity index (χ1n) is 5.97. The number of piperidine rings is 1. The van der Waals surface area contributed by atoms with Crippen LogP contribution in [0.2, 0.25) is 0 Å². The highest BCUT2D eigenvalue weighted by atomic mass is 19.1. The van der Waals surface area contributed by atoms with Crippen LogP contribution in [-0.4, -0.2) is 24.0 Å². The van der Waals surface area contributed by atoms with Gasteiger partial charge >= 0.3 is 6.03 Å². The molecule has 0 radical (unpaired) electrons. The Morgan fingerprint density at radius 3 is 2.94 bits per heavy atom. The van der Waals surface area contributed by atoms with Gasteiger partial charge in [-0.25, -0.2) is 9.18 Å². The summed E-state index contributed by atoms with van der Waals surface area (Å²) in [6, 6.07) is 6.02. The van der Waals surface area contributed by atoms with Crippen LogP contribution in [0, 0.1) is 11.7 Å². The zero-order valence-corrected chi connectivity index (χ0v) is 9.95. The number of anilines is 1. The molecule has 0 aromatic heterocycles. The van der Waals surface area contributed by atoms with Crippen molar-refractivity contribution < 1.29 is 9.18 Å². The molecule has 1 N–H and O–H groups in total. The molecule has 3 nitrogen and oxygen atoms in total. The maximum atomic E-state index is 13.4. The zero-order chi connectivity index (χ0) is 12.3. The third-order valence-corrected chi connectivity index (χ3v) is 3.06. The molecule has 1 aliphatic rings. The van der Waals surface area contributed by atoms with Crippen LogP contribution in [0.5, 0.6) is 0 Å². The van der Waals surface area contributed by atoms with Gasteiger partial charge in [-0.15, -0.1) is 0 Å². The summed E-state index contributed by atoms with van der Waals surface area (Å²) in [5.41, 5.74) is 0.246. The van der Waals surface area contributed by atoms with Crippen LogP contribution in [0.15, 0.2) is 24.3 Å². The Balaban J connectivity index is 1.99. The Morgan fingerprint density at radius 1 is 1.47 bits per heavy atom. The molecule has 0 spiro atoms. The van der Waals surface area contributed by atoms with E-state index in [1.807, 2.05) is 0 Å². The SMILES string of the molecule is C[C@H]1CCCN(C(=O)Nc2ccccc2F)C1. The predicted octanol–water partition coefficient (Wildman–Crippen LogP) is 3.09. The summed E-state index contributed by atoms with van der Waals surface area (Å²) in [5, 5.41) is 2.61. The highest BCUT2D eigenvalue weighted by molar-refractivity contribution is 5.89. The van der Waals surface area contributed by atoms with E-state index in [9.17, 15) is 9.18 Å². The van der Waals surface area contributed by atoms with E-state index in [1.165, 1.54) is 6.07 Å². The largest absolute Gasteiger partial charge is 0.324 e. The first kappa shape index (κ1) is 11.9. The van der Waals surface area contributed by atoms with Gasteiger partial charge in [-0.05, 0) is 30.9 Å². The molecule has 4 heteroatoms. The van der Waals surface area contributed by atoms with Gasteiger partial charge in [0.25, 0.3) is 0 Å². The molecular weight excluding hydrogens is 219 g/mol. The summed E-state index contributed by atoms with van der Waals surface area (Å²) in [5.74, 6) is 0.126. The molecule has 1 aromatic carbocycles. The average molecular weight is 236 g/mol. The summed E-state index contributed by atoms with van der Waals surface area (Å²) in [6.07, 6.45) is 2.18. The first-order valence-corrected chi connectivity index (χ1v) is 5.97. The van der Waals surface area contributed by atoms with E-state index in [0.717, 1.165) is 25.9 Å². The highest BCUT2D eigenvalue weighted by Crippen LogP contribution is 2.18. The van der Waals surface area contributed by atoms with Gasteiger partial charge in [0.2, 0.25) is 0 Å². The van der Waals surface area contributed by atoms with Gasteiger partial charge in [0.05, 0.1) is 5.69 Å². The van der Waals surface area contributed by atoms with Crippen molar-refractivity contribution in [3.63, 3.8) is 0 Å². The summed E-state index contributed by atoms with van der Waals surface area (Å²) < 4.78 is 13.4. The number of carbonyl (C=O) groups excluding carboxylic acids is 1. The molecule has 0 unspecified atom stereocenters. The molecule has 1 aliphatic heterocycles. The second-order valence-corrected chi connectivity index (χ2v) is 4.60. The van der Waals surface area contributed by atoms with Gasteiger partial charge in [-0.1, -0.05) is 19.1 Å². The molecule has 0 saturated carbocycles. The van der Waals surface area contributed by atoms with Crippen molar-refractivity contribution in [3.05, 3.63) is 30.1 Å². The third kappa shape index (κ3) is 2.96. The van der Waals surface area contributed by atoms with Crippen LogP contribution in [0.25, 0.3) is 0 Å². The summed E-state index contributed by atoms with van der Waals surface area (Å²) in [6.45, 7) is 3.63. The molecule has 1 aromatic rings. The number of hydrogen-bond donors (Lipinski definition) is 1. The van der Waals surface area contributed by atoms with Gasteiger partial charge in [0, 0.05) is 13.1 Å². The van der Waals surface area contributed by atoms with E-state index >= 15 is 0 Å². The minimum atomic E-state index is -0.397. The Morgan fingerprint density at radius 2 is 2.24 bits per heavy atom. The van der Waals surface area contributed by atoms with Crippen molar-refractivity contribution in [3.8, 4) is 0 Å². The van der Waals surface area contributed by atoms with Gasteiger partial charge < -0.3 is 10.2 Å². The smallest absolute Gasteiger partial charge is 0.321 e. The minimum absolute atomic E-state index is 0.207. The number of urea groups is 1. The maximum absolute atomic E-state index is 13.4. The van der Waals surface area contributed by atoms with Crippen molar-refractivity contribution in [2.45, 2.75) is 19.8 Å². The Hall–Kier alpha value is -1.58. The van der Waals surface area contributed by atoms with E-state index in [0.29, 0.717) is 5.92 Å². The topological polar surface area (TPSA) is 32.3 Å². The molecule has 2 rings (SSSR count). The number of carbonyl (C=O) groups is 1. The number of rotatable bonds is 1. The molecule has 1 heterocycles. The van der Waals surface area contributed by atoms with Crippen molar-refractivity contribution in [1.82, 2.24) is 4.90 Å². The third-order valence-electron chi connectivity index (χ3n) is 3.06. The van der Waals surface area contributed by atoms with Crippen LogP contribution in [-0.2, 0) is 0 Å². The van der Waals surface area contributed by atoms with Crippen LogP contribution >= 0.6 is 0 Å². The minimum Gasteiger partial charge on any atom is -0.324 e. The molecule has 0 bridgehead atoms. The number of benzene rings is 1. The van der Waals surface area contributed by atoms with Crippen LogP contribution in [0.1, 0.15) is 19.8 Å². The number of hydrogen-bond acceptors (Lipinski definition) is 1. The maximum Gasteiger partial charge on any atom is 0.321 e. The molecule has 1 saturated heterocycles. The molecule has 92 valence electrons. The Bertz CT molecular complexity index is 408. The highest BCUT2D eigenvalue weighted by Gasteiger charge is 2.21. The van der Waals surface area contributed by atoms with E-state index in [2.05, 4.69) is 12.2 Å². The van der Waals surface area contributed by atoms with E-state index in [1.54, 1.807) is 23.1 Å². The monoisotopic (exact) mass is 236 g/mol. The number of likely N-dealkylation sites (tertiary alicyclic amines) is 1. The lowest BCUT2D eigenvalue weighted by Crippen LogP contribution is -2.41. The van der Waals surface area contributed by atoms with Gasteiger partial charge in [-0.3, -0.25) is 0 Å². The standard InChI is InChI=1S/C13H17FN2O/c1-10-5-4-8-16(9-10)13(17)15-12-7-3-2-6-11(12)14/h2-3,6-7,10H,4-5,8-9H2,1H3,(H,15,17)/t10-/m0/s1. The molecule has 2 amide bonds. The van der Waals surface area contributed by atoms with Crippen LogP contribution < -0.4 is 5.32 Å². The van der Waals surface area contributed by atoms with Gasteiger partial charge in [-0.2, -0.15) is 0 Å². The fourth-order valence-corrected chi connectivity index (χ4v) is 2.13. The Labute approximate surface area is 101 Å². The van der Waals surface area contributed by atoms with Crippen LogP contribution in [0.4, 0.5) is 14.9 Å². The van der Waals surface area contributed by atoms with E-state index < -0.39 is 5.82 Å². The number of amides is 2. The van der Waals surface area contributed by atoms with Crippen molar-refractivity contribution in [1.29, 1.82) is 0 Å². The second-order valence-electron chi connectivity index (χ2n) is 4.60. The van der Waals surface area contributed by atoms with Crippen molar-refractivity contribution in [2.75, 3.05) is 18.4 Å². The molecular formula is C13H17FN2O. The molecule has 17 heavy (non-hydrogen) atoms. The number of nitrogens with one attached hydrogen (secondary N) is 1.